The molecule has 0 amide bonds. The summed E-state index contributed by atoms with van der Waals surface area (Å²) in [5, 5.41) is 29.1. The van der Waals surface area contributed by atoms with Crippen molar-refractivity contribution in [2.24, 2.45) is 35.5 Å². The molecule has 12 rings (SSSR count). The molecule has 0 heterocycles. The van der Waals surface area contributed by atoms with Crippen molar-refractivity contribution in [3.8, 4) is 52.7 Å². The molecule has 8 aliphatic rings. The third-order valence-corrected chi connectivity index (χ3v) is 14.4. The molecule has 9 heteroatoms. The smallest absolute Gasteiger partial charge is 0.177 e. The first-order chi connectivity index (χ1) is 27.1. The van der Waals surface area contributed by atoms with E-state index in [0.29, 0.717) is 98.0 Å². The van der Waals surface area contributed by atoms with Crippen LogP contribution in [0.25, 0.3) is 0 Å². The van der Waals surface area contributed by atoms with Crippen LogP contribution >= 0.6 is 0 Å². The Balaban J connectivity index is 1.27. The van der Waals surface area contributed by atoms with Crippen LogP contribution in [0.15, 0.2) is 60.7 Å². The predicted molar refractivity (Wildman–Crippen MR) is 213 cm³/mol. The van der Waals surface area contributed by atoms with Gasteiger partial charge in [-0.3, -0.25) is 0 Å². The first-order valence-corrected chi connectivity index (χ1v) is 20.3. The molecule has 0 spiro atoms. The average molecular weight is 743 g/mol. The van der Waals surface area contributed by atoms with Crippen molar-refractivity contribution < 1.29 is 14.2 Å². The Hall–Kier alpha value is -5.85. The summed E-state index contributed by atoms with van der Waals surface area (Å²) in [5.74, 6) is 6.99. The topological polar surface area (TPSA) is 177 Å². The number of anilines is 3. The highest BCUT2D eigenvalue weighted by atomic mass is 16.5. The van der Waals surface area contributed by atoms with Crippen molar-refractivity contribution >= 4 is 17.1 Å². The zero-order chi connectivity index (χ0) is 38.3. The van der Waals surface area contributed by atoms with Crippen molar-refractivity contribution in [2.45, 2.75) is 87.9 Å². The predicted octanol–water partition coefficient (Wildman–Crippen LogP) is 10.4. The van der Waals surface area contributed by atoms with Crippen LogP contribution < -0.4 is 31.4 Å². The molecule has 9 nitrogen and oxygen atoms in total. The van der Waals surface area contributed by atoms with Gasteiger partial charge in [0.2, 0.25) is 0 Å². The number of benzene rings is 4. The lowest BCUT2D eigenvalue weighted by atomic mass is 9.46. The van der Waals surface area contributed by atoms with Crippen molar-refractivity contribution in [1.29, 1.82) is 15.8 Å². The average Bonchev–Trinajstić information content (AvgIpc) is 3.16. The number of hydrogen-bond donors (Lipinski definition) is 3. The van der Waals surface area contributed by atoms with E-state index >= 15 is 0 Å². The molecule has 0 aromatic heterocycles. The molecule has 4 aromatic carbocycles. The summed E-state index contributed by atoms with van der Waals surface area (Å²) in [6.45, 7) is 0. The normalized spacial score (nSPS) is 30.3. The van der Waals surface area contributed by atoms with E-state index in [2.05, 4.69) is 24.3 Å². The van der Waals surface area contributed by atoms with Gasteiger partial charge >= 0.3 is 0 Å². The summed E-state index contributed by atoms with van der Waals surface area (Å²) in [4.78, 5) is 0. The largest absolute Gasteiger partial charge is 0.454 e. The minimum Gasteiger partial charge on any atom is -0.454 e. The number of hydrogen-bond acceptors (Lipinski definition) is 9. The minimum atomic E-state index is -0.269. The maximum absolute atomic E-state index is 9.73. The first kappa shape index (κ1) is 34.6. The van der Waals surface area contributed by atoms with Crippen LogP contribution in [0.5, 0.6) is 34.5 Å². The molecule has 6 N–H and O–H groups in total. The standard InChI is InChI=1S/C47H46N6O3/c48-23-26-1-4-39(36(51)13-26)54-42-16-35(46-17-29-7-30(18-46)9-31(8-29)19-46)44(55-40-5-2-27(24-49)14-37(40)52)43(45(42)56-41-6-3-28(25-50)15-38(41)53)47-20-32-10-33(21-47)12-34(11-32)22-47/h1-6,13-16,29-34H,7-12,17-22,51-53H2. The maximum Gasteiger partial charge on any atom is 0.177 e. The molecule has 8 fully saturated rings. The van der Waals surface area contributed by atoms with Gasteiger partial charge in [0.25, 0.3) is 0 Å². The van der Waals surface area contributed by atoms with E-state index in [1.54, 1.807) is 48.5 Å². The van der Waals surface area contributed by atoms with Crippen LogP contribution in [-0.4, -0.2) is 0 Å². The van der Waals surface area contributed by atoms with Gasteiger partial charge in [-0.25, -0.2) is 0 Å². The second-order valence-corrected chi connectivity index (χ2v) is 18.3. The molecule has 4 aromatic rings. The molecule has 0 aliphatic heterocycles. The fourth-order valence-corrected chi connectivity index (χ4v) is 13.1. The molecule has 8 bridgehead atoms. The third kappa shape index (κ3) is 5.69. The molecule has 8 saturated carbocycles. The monoisotopic (exact) mass is 742 g/mol. The van der Waals surface area contributed by atoms with Gasteiger partial charge in [-0.1, -0.05) is 0 Å². The van der Waals surface area contributed by atoms with E-state index in [1.807, 2.05) is 6.07 Å². The molecule has 0 saturated heterocycles. The second-order valence-electron chi connectivity index (χ2n) is 18.3. The Morgan fingerprint density at radius 3 is 1.18 bits per heavy atom. The fourth-order valence-electron chi connectivity index (χ4n) is 13.1. The van der Waals surface area contributed by atoms with Gasteiger partial charge in [0.15, 0.2) is 23.0 Å². The van der Waals surface area contributed by atoms with Crippen molar-refractivity contribution in [3.05, 3.63) is 88.5 Å². The van der Waals surface area contributed by atoms with Crippen LogP contribution in [0.3, 0.4) is 0 Å². The van der Waals surface area contributed by atoms with Gasteiger partial charge < -0.3 is 31.4 Å². The van der Waals surface area contributed by atoms with Gasteiger partial charge in [0.05, 0.1) is 52.0 Å². The molecular weight excluding hydrogens is 697 g/mol. The lowest BCUT2D eigenvalue weighted by molar-refractivity contribution is -0.0107. The van der Waals surface area contributed by atoms with E-state index in [-0.39, 0.29) is 10.8 Å². The van der Waals surface area contributed by atoms with Crippen LogP contribution in [0.4, 0.5) is 17.1 Å². The zero-order valence-corrected chi connectivity index (χ0v) is 31.5. The summed E-state index contributed by atoms with van der Waals surface area (Å²) in [6, 6.07) is 24.2. The van der Waals surface area contributed by atoms with Crippen LogP contribution in [0.1, 0.15) is 105 Å². The van der Waals surface area contributed by atoms with Crippen LogP contribution in [0, 0.1) is 69.5 Å². The quantitative estimate of drug-likeness (QED) is 0.148. The Bertz CT molecular complexity index is 2350. The highest BCUT2D eigenvalue weighted by Crippen LogP contribution is 2.69. The highest BCUT2D eigenvalue weighted by molar-refractivity contribution is 5.70. The second kappa shape index (κ2) is 12.9. The van der Waals surface area contributed by atoms with Crippen molar-refractivity contribution in [3.63, 3.8) is 0 Å². The van der Waals surface area contributed by atoms with Gasteiger partial charge in [-0.05, 0) is 179 Å². The zero-order valence-electron chi connectivity index (χ0n) is 31.5. The molecular formula is C47H46N6O3. The van der Waals surface area contributed by atoms with Gasteiger partial charge in [0, 0.05) is 16.5 Å². The summed E-state index contributed by atoms with van der Waals surface area (Å²) in [7, 11) is 0. The molecule has 0 radical (unpaired) electrons. The van der Waals surface area contributed by atoms with E-state index in [1.165, 1.54) is 38.5 Å². The Kier molecular flexibility index (Phi) is 7.95. The van der Waals surface area contributed by atoms with Gasteiger partial charge in [-0.2, -0.15) is 15.8 Å². The van der Waals surface area contributed by atoms with Crippen LogP contribution in [-0.2, 0) is 10.8 Å². The summed E-state index contributed by atoms with van der Waals surface area (Å²) in [6.07, 6.45) is 13.9. The number of nitrogens with two attached hydrogens (primary N) is 3. The van der Waals surface area contributed by atoms with E-state index in [4.69, 9.17) is 31.4 Å². The first-order valence-electron chi connectivity index (χ1n) is 20.3. The number of nitrogens with zero attached hydrogens (tertiary/aromatic N) is 3. The molecule has 8 aliphatic carbocycles. The molecule has 282 valence electrons. The number of nitrogen functional groups attached to an aromatic ring is 3. The van der Waals surface area contributed by atoms with Crippen molar-refractivity contribution in [1.82, 2.24) is 0 Å². The Labute approximate surface area is 327 Å². The number of ether oxygens (including phenoxy) is 3. The van der Waals surface area contributed by atoms with Gasteiger partial charge in [0.1, 0.15) is 11.5 Å². The number of rotatable bonds is 8. The summed E-state index contributed by atoms with van der Waals surface area (Å²) in [5.41, 5.74) is 24.2. The lowest BCUT2D eigenvalue weighted by Crippen LogP contribution is -2.50. The maximum atomic E-state index is 9.73. The van der Waals surface area contributed by atoms with E-state index in [0.717, 1.165) is 55.4 Å². The van der Waals surface area contributed by atoms with E-state index < -0.39 is 0 Å². The van der Waals surface area contributed by atoms with Gasteiger partial charge in [-0.15, -0.1) is 0 Å². The Morgan fingerprint density at radius 2 is 0.804 bits per heavy atom. The summed E-state index contributed by atoms with van der Waals surface area (Å²) < 4.78 is 21.5. The van der Waals surface area contributed by atoms with E-state index in [9.17, 15) is 15.8 Å². The van der Waals surface area contributed by atoms with Crippen molar-refractivity contribution in [2.75, 3.05) is 17.2 Å². The molecule has 0 atom stereocenters. The third-order valence-electron chi connectivity index (χ3n) is 14.4. The molecule has 0 unspecified atom stereocenters. The Morgan fingerprint density at radius 1 is 0.446 bits per heavy atom. The fraction of sp³-hybridized carbons (Fsp3) is 0.426. The summed E-state index contributed by atoms with van der Waals surface area (Å²) >= 11 is 0. The van der Waals surface area contributed by atoms with Crippen LogP contribution in [0.2, 0.25) is 0 Å². The highest BCUT2D eigenvalue weighted by Gasteiger charge is 2.57. The lowest BCUT2D eigenvalue weighted by Gasteiger charge is -2.59. The minimum absolute atomic E-state index is 0.136. The SMILES string of the molecule is N#Cc1ccc(Oc2cc(C34CC5CC(CC(C5)C3)C4)c(Oc3ccc(C#N)cc3N)c(C34CC5CC(CC(C5)C3)C4)c2Oc2ccc(C#N)cc2N)c(N)c1. The number of nitriles is 3. The molecule has 56 heavy (non-hydrogen) atoms.